The van der Waals surface area contributed by atoms with E-state index in [1.54, 1.807) is 0 Å². The molecule has 0 spiro atoms. The van der Waals surface area contributed by atoms with E-state index in [0.29, 0.717) is 5.92 Å². The Morgan fingerprint density at radius 1 is 1.38 bits per heavy atom. The highest BCUT2D eigenvalue weighted by atomic mass is 35.5. The van der Waals surface area contributed by atoms with Gasteiger partial charge in [0, 0.05) is 5.69 Å². The van der Waals surface area contributed by atoms with Gasteiger partial charge in [0.25, 0.3) is 5.91 Å². The number of carbonyl (C=O) groups is 1. The largest absolute Gasteiger partial charge is 0.323 e. The number of nitrogens with one attached hydrogen (secondary N) is 1. The molecule has 0 fully saturated rings. The lowest BCUT2D eigenvalue weighted by atomic mass is 9.97. The SMILES string of the molecule is CC[C@@H](C)c1ccccc1NC(=O)C(Cl)Cl. The summed E-state index contributed by atoms with van der Waals surface area (Å²) < 4.78 is 0. The van der Waals surface area contributed by atoms with E-state index >= 15 is 0 Å². The van der Waals surface area contributed by atoms with Gasteiger partial charge in [-0.3, -0.25) is 4.79 Å². The fourth-order valence-electron chi connectivity index (χ4n) is 1.45. The second kappa shape index (κ2) is 6.12. The Labute approximate surface area is 106 Å². The van der Waals surface area contributed by atoms with Crippen LogP contribution in [0.15, 0.2) is 24.3 Å². The van der Waals surface area contributed by atoms with Crippen LogP contribution in [-0.2, 0) is 4.79 Å². The van der Waals surface area contributed by atoms with Crippen LogP contribution in [0.3, 0.4) is 0 Å². The summed E-state index contributed by atoms with van der Waals surface area (Å²) in [6.07, 6.45) is 1.01. The van der Waals surface area contributed by atoms with Crippen LogP contribution in [0.5, 0.6) is 0 Å². The normalized spacial score (nSPS) is 12.6. The Morgan fingerprint density at radius 3 is 2.56 bits per heavy atom. The van der Waals surface area contributed by atoms with Crippen LogP contribution in [-0.4, -0.2) is 10.7 Å². The summed E-state index contributed by atoms with van der Waals surface area (Å²) in [5, 5.41) is 2.72. The van der Waals surface area contributed by atoms with Gasteiger partial charge in [0.2, 0.25) is 0 Å². The highest BCUT2D eigenvalue weighted by Crippen LogP contribution is 2.26. The first-order valence-electron chi connectivity index (χ1n) is 5.24. The van der Waals surface area contributed by atoms with Crippen molar-refractivity contribution in [2.24, 2.45) is 0 Å². The molecule has 1 N–H and O–H groups in total. The molecule has 1 aromatic carbocycles. The molecule has 16 heavy (non-hydrogen) atoms. The van der Waals surface area contributed by atoms with E-state index in [4.69, 9.17) is 23.2 Å². The zero-order valence-corrected chi connectivity index (χ0v) is 10.8. The predicted molar refractivity (Wildman–Crippen MR) is 69.3 cm³/mol. The van der Waals surface area contributed by atoms with Crippen LogP contribution in [0.1, 0.15) is 31.7 Å². The molecule has 0 saturated heterocycles. The number of halogens is 2. The number of alkyl halides is 2. The molecule has 1 amide bonds. The highest BCUT2D eigenvalue weighted by molar-refractivity contribution is 6.54. The maximum atomic E-state index is 11.4. The molecule has 0 aliphatic rings. The monoisotopic (exact) mass is 259 g/mol. The van der Waals surface area contributed by atoms with Crippen molar-refractivity contribution in [2.75, 3.05) is 5.32 Å². The zero-order chi connectivity index (χ0) is 12.1. The topological polar surface area (TPSA) is 29.1 Å². The Bertz CT molecular complexity index is 366. The van der Waals surface area contributed by atoms with Crippen LogP contribution >= 0.6 is 23.2 Å². The first-order valence-corrected chi connectivity index (χ1v) is 6.11. The van der Waals surface area contributed by atoms with Gasteiger partial charge in [-0.1, -0.05) is 55.2 Å². The fourth-order valence-corrected chi connectivity index (χ4v) is 1.56. The van der Waals surface area contributed by atoms with Gasteiger partial charge in [-0.2, -0.15) is 0 Å². The maximum absolute atomic E-state index is 11.4. The molecule has 1 rings (SSSR count). The Hall–Kier alpha value is -0.730. The zero-order valence-electron chi connectivity index (χ0n) is 9.34. The quantitative estimate of drug-likeness (QED) is 0.816. The Morgan fingerprint density at radius 2 is 2.00 bits per heavy atom. The summed E-state index contributed by atoms with van der Waals surface area (Å²) in [4.78, 5) is 10.4. The van der Waals surface area contributed by atoms with Gasteiger partial charge < -0.3 is 5.32 Å². The van der Waals surface area contributed by atoms with E-state index in [9.17, 15) is 4.79 Å². The number of benzene rings is 1. The predicted octanol–water partition coefficient (Wildman–Crippen LogP) is 3.94. The minimum atomic E-state index is -1.04. The summed E-state index contributed by atoms with van der Waals surface area (Å²) in [6.45, 7) is 4.22. The van der Waals surface area contributed by atoms with E-state index in [1.807, 2.05) is 24.3 Å². The van der Waals surface area contributed by atoms with Crippen LogP contribution in [0.4, 0.5) is 5.69 Å². The van der Waals surface area contributed by atoms with Gasteiger partial charge in [-0.05, 0) is 24.0 Å². The van der Waals surface area contributed by atoms with Crippen LogP contribution < -0.4 is 5.32 Å². The van der Waals surface area contributed by atoms with E-state index in [0.717, 1.165) is 17.7 Å². The average Bonchev–Trinajstić information content (AvgIpc) is 2.28. The lowest BCUT2D eigenvalue weighted by Gasteiger charge is -2.15. The number of rotatable bonds is 4. The summed E-state index contributed by atoms with van der Waals surface area (Å²) in [5.74, 6) is -0.000289. The molecule has 2 nitrogen and oxygen atoms in total. The number of hydrogen-bond acceptors (Lipinski definition) is 1. The molecule has 0 heterocycles. The second-order valence-corrected chi connectivity index (χ2v) is 4.78. The molecular formula is C12H15Cl2NO. The fraction of sp³-hybridized carbons (Fsp3) is 0.417. The minimum Gasteiger partial charge on any atom is -0.323 e. The van der Waals surface area contributed by atoms with Crippen molar-refractivity contribution in [3.63, 3.8) is 0 Å². The number of hydrogen-bond donors (Lipinski definition) is 1. The summed E-state index contributed by atoms with van der Waals surface area (Å²) in [6, 6.07) is 7.69. The standard InChI is InChI=1S/C12H15Cl2NO/c1-3-8(2)9-6-4-5-7-10(9)15-12(16)11(13)14/h4-8,11H,3H2,1-2H3,(H,15,16)/t8-/m1/s1. The van der Waals surface area contributed by atoms with Crippen molar-refractivity contribution >= 4 is 34.8 Å². The van der Waals surface area contributed by atoms with Crippen molar-refractivity contribution in [1.82, 2.24) is 0 Å². The molecule has 0 aliphatic carbocycles. The van der Waals surface area contributed by atoms with Crippen molar-refractivity contribution in [3.05, 3.63) is 29.8 Å². The molecule has 4 heteroatoms. The van der Waals surface area contributed by atoms with Crippen molar-refractivity contribution < 1.29 is 4.79 Å². The van der Waals surface area contributed by atoms with Crippen LogP contribution in [0.25, 0.3) is 0 Å². The molecule has 0 radical (unpaired) electrons. The van der Waals surface area contributed by atoms with Gasteiger partial charge in [0.15, 0.2) is 4.84 Å². The Balaban J connectivity index is 2.91. The number of amides is 1. The van der Waals surface area contributed by atoms with Gasteiger partial charge in [0.1, 0.15) is 0 Å². The average molecular weight is 260 g/mol. The smallest absolute Gasteiger partial charge is 0.257 e. The van der Waals surface area contributed by atoms with Crippen molar-refractivity contribution in [3.8, 4) is 0 Å². The van der Waals surface area contributed by atoms with E-state index < -0.39 is 4.84 Å². The van der Waals surface area contributed by atoms with Crippen LogP contribution in [0.2, 0.25) is 0 Å². The molecule has 1 aromatic rings. The summed E-state index contributed by atoms with van der Waals surface area (Å²) in [5.41, 5.74) is 1.89. The van der Waals surface area contributed by atoms with Gasteiger partial charge in [-0.25, -0.2) is 0 Å². The number of para-hydroxylation sites is 1. The van der Waals surface area contributed by atoms with Crippen molar-refractivity contribution in [2.45, 2.75) is 31.0 Å². The molecular weight excluding hydrogens is 245 g/mol. The summed E-state index contributed by atoms with van der Waals surface area (Å²) in [7, 11) is 0. The first-order chi connectivity index (χ1) is 7.56. The van der Waals surface area contributed by atoms with Gasteiger partial charge in [-0.15, -0.1) is 0 Å². The number of anilines is 1. The molecule has 0 bridgehead atoms. The molecule has 0 aliphatic heterocycles. The second-order valence-electron chi connectivity index (χ2n) is 3.69. The molecule has 88 valence electrons. The van der Waals surface area contributed by atoms with Crippen LogP contribution in [0, 0.1) is 0 Å². The Kier molecular flexibility index (Phi) is 5.10. The first kappa shape index (κ1) is 13.3. The summed E-state index contributed by atoms with van der Waals surface area (Å²) >= 11 is 11.0. The molecule has 1 atom stereocenters. The molecule has 0 unspecified atom stereocenters. The van der Waals surface area contributed by atoms with Gasteiger partial charge >= 0.3 is 0 Å². The van der Waals surface area contributed by atoms with Gasteiger partial charge in [0.05, 0.1) is 0 Å². The third-order valence-corrected chi connectivity index (χ3v) is 2.96. The lowest BCUT2D eigenvalue weighted by molar-refractivity contribution is -0.114. The third kappa shape index (κ3) is 3.39. The highest BCUT2D eigenvalue weighted by Gasteiger charge is 2.14. The number of carbonyl (C=O) groups excluding carboxylic acids is 1. The van der Waals surface area contributed by atoms with E-state index in [2.05, 4.69) is 19.2 Å². The van der Waals surface area contributed by atoms with E-state index in [1.165, 1.54) is 0 Å². The van der Waals surface area contributed by atoms with E-state index in [-0.39, 0.29) is 5.91 Å². The third-order valence-electron chi connectivity index (χ3n) is 2.56. The maximum Gasteiger partial charge on any atom is 0.257 e. The molecule has 0 saturated carbocycles. The lowest BCUT2D eigenvalue weighted by Crippen LogP contribution is -2.19. The minimum absolute atomic E-state index is 0.389. The van der Waals surface area contributed by atoms with Crippen molar-refractivity contribution in [1.29, 1.82) is 0 Å². The molecule has 0 aromatic heterocycles.